The molecule has 5 nitrogen and oxygen atoms in total. The summed E-state index contributed by atoms with van der Waals surface area (Å²) in [6, 6.07) is 11.7. The van der Waals surface area contributed by atoms with E-state index in [0.29, 0.717) is 4.91 Å². The summed E-state index contributed by atoms with van der Waals surface area (Å²) in [5.41, 5.74) is 1.60. The number of thiocarbonyl (C=S) groups is 1. The fourth-order valence-corrected chi connectivity index (χ4v) is 3.84. The Balaban J connectivity index is 1.87. The topological polar surface area (TPSA) is 70.5 Å². The molecule has 1 N–H and O–H groups in total. The zero-order valence-corrected chi connectivity index (χ0v) is 14.7. The number of hydrogen-bond donors (Lipinski definition) is 1. The number of aromatic nitrogens is 1. The third-order valence-corrected chi connectivity index (χ3v) is 5.00. The molecule has 1 aliphatic heterocycles. The molecule has 0 saturated carbocycles. The van der Waals surface area contributed by atoms with E-state index in [1.807, 2.05) is 36.4 Å². The van der Waals surface area contributed by atoms with E-state index < -0.39 is 12.0 Å². The highest BCUT2D eigenvalue weighted by Gasteiger charge is 2.40. The summed E-state index contributed by atoms with van der Waals surface area (Å²) < 4.78 is 0.253. The fraction of sp³-hybridized carbons (Fsp3) is 0.111. The molecule has 0 spiro atoms. The van der Waals surface area contributed by atoms with Gasteiger partial charge in [0.05, 0.1) is 4.91 Å². The Morgan fingerprint density at radius 3 is 2.68 bits per heavy atom. The van der Waals surface area contributed by atoms with Gasteiger partial charge in [-0.2, -0.15) is 0 Å². The third-order valence-electron chi connectivity index (χ3n) is 3.67. The molecule has 25 heavy (non-hydrogen) atoms. The maximum Gasteiger partial charge on any atom is 0.327 e. The first-order valence-electron chi connectivity index (χ1n) is 7.50. The van der Waals surface area contributed by atoms with Crippen LogP contribution in [0.25, 0.3) is 6.08 Å². The van der Waals surface area contributed by atoms with Crippen molar-refractivity contribution in [1.82, 2.24) is 9.88 Å². The quantitative estimate of drug-likeness (QED) is 0.645. The Morgan fingerprint density at radius 1 is 1.28 bits per heavy atom. The van der Waals surface area contributed by atoms with Crippen LogP contribution in [0.15, 0.2) is 59.8 Å². The van der Waals surface area contributed by atoms with Gasteiger partial charge in [-0.1, -0.05) is 60.4 Å². The smallest absolute Gasteiger partial charge is 0.327 e. The van der Waals surface area contributed by atoms with Gasteiger partial charge in [0.15, 0.2) is 0 Å². The van der Waals surface area contributed by atoms with Gasteiger partial charge >= 0.3 is 5.97 Å². The molecular formula is C18H14N2O3S2. The SMILES string of the molecule is O=C(O)[C@@H](Cc1ccccc1)N1C(=O)/C(=C/c2cccnc2)SC1=S. The van der Waals surface area contributed by atoms with E-state index in [2.05, 4.69) is 4.98 Å². The van der Waals surface area contributed by atoms with E-state index in [4.69, 9.17) is 12.2 Å². The number of carbonyl (C=O) groups is 2. The van der Waals surface area contributed by atoms with Crippen LogP contribution in [0.3, 0.4) is 0 Å². The first-order valence-corrected chi connectivity index (χ1v) is 8.72. The first-order chi connectivity index (χ1) is 12.1. The molecule has 1 amide bonds. The predicted molar refractivity (Wildman–Crippen MR) is 101 cm³/mol. The summed E-state index contributed by atoms with van der Waals surface area (Å²) in [4.78, 5) is 30.1. The number of rotatable bonds is 5. The van der Waals surface area contributed by atoms with Crippen LogP contribution in [0, 0.1) is 0 Å². The highest BCUT2D eigenvalue weighted by atomic mass is 32.2. The second-order valence-corrected chi connectivity index (χ2v) is 7.06. The highest BCUT2D eigenvalue weighted by molar-refractivity contribution is 8.26. The van der Waals surface area contributed by atoms with Crippen LogP contribution in [0.5, 0.6) is 0 Å². The summed E-state index contributed by atoms with van der Waals surface area (Å²) >= 11 is 6.38. The third kappa shape index (κ3) is 3.94. The van der Waals surface area contributed by atoms with Gasteiger partial charge in [-0.3, -0.25) is 14.7 Å². The van der Waals surface area contributed by atoms with Crippen LogP contribution in [0.2, 0.25) is 0 Å². The lowest BCUT2D eigenvalue weighted by atomic mass is 10.0. The zero-order valence-electron chi connectivity index (χ0n) is 13.0. The van der Waals surface area contributed by atoms with Crippen LogP contribution in [0.1, 0.15) is 11.1 Å². The van der Waals surface area contributed by atoms with Crippen molar-refractivity contribution in [3.8, 4) is 0 Å². The molecule has 2 heterocycles. The molecule has 1 saturated heterocycles. The van der Waals surface area contributed by atoms with Gasteiger partial charge in [-0.05, 0) is 23.3 Å². The zero-order chi connectivity index (χ0) is 17.8. The van der Waals surface area contributed by atoms with Gasteiger partial charge in [0.2, 0.25) is 0 Å². The van der Waals surface area contributed by atoms with E-state index in [9.17, 15) is 14.7 Å². The predicted octanol–water partition coefficient (Wildman–Crippen LogP) is 2.98. The molecule has 3 rings (SSSR count). The number of nitrogens with zero attached hydrogens (tertiary/aromatic N) is 2. The van der Waals surface area contributed by atoms with Gasteiger partial charge < -0.3 is 5.11 Å². The first kappa shape index (κ1) is 17.3. The Hall–Kier alpha value is -2.51. The number of thioether (sulfide) groups is 1. The van der Waals surface area contributed by atoms with Crippen molar-refractivity contribution < 1.29 is 14.7 Å². The molecule has 1 atom stereocenters. The molecule has 1 fully saturated rings. The summed E-state index contributed by atoms with van der Waals surface area (Å²) in [6.07, 6.45) is 5.14. The molecule has 7 heteroatoms. The molecule has 1 aromatic heterocycles. The number of amides is 1. The maximum absolute atomic E-state index is 12.7. The standard InChI is InChI=1S/C18H14N2O3S2/c21-16-15(10-13-7-4-8-19-11-13)25-18(24)20(16)14(17(22)23)9-12-5-2-1-3-6-12/h1-8,10-11,14H,9H2,(H,22,23)/b15-10-/t14-/m1/s1. The minimum absolute atomic E-state index is 0.197. The average molecular weight is 370 g/mol. The Labute approximate surface area is 154 Å². The van der Waals surface area contributed by atoms with E-state index in [-0.39, 0.29) is 16.6 Å². The number of carboxylic acids is 1. The van der Waals surface area contributed by atoms with Gasteiger partial charge in [0.25, 0.3) is 5.91 Å². The Kier molecular flexibility index (Phi) is 5.25. The molecule has 0 bridgehead atoms. The lowest BCUT2D eigenvalue weighted by molar-refractivity contribution is -0.145. The van der Waals surface area contributed by atoms with Crippen molar-refractivity contribution in [2.45, 2.75) is 12.5 Å². The molecule has 1 aliphatic rings. The lowest BCUT2D eigenvalue weighted by Crippen LogP contribution is -2.45. The largest absolute Gasteiger partial charge is 0.480 e. The van der Waals surface area contributed by atoms with E-state index in [1.165, 1.54) is 4.90 Å². The van der Waals surface area contributed by atoms with E-state index in [1.54, 1.807) is 24.5 Å². The number of benzene rings is 1. The summed E-state index contributed by atoms with van der Waals surface area (Å²) in [7, 11) is 0. The minimum Gasteiger partial charge on any atom is -0.480 e. The van der Waals surface area contributed by atoms with Crippen LogP contribution in [-0.2, 0) is 16.0 Å². The van der Waals surface area contributed by atoms with Gasteiger partial charge in [0.1, 0.15) is 10.4 Å². The van der Waals surface area contributed by atoms with Crippen LogP contribution in [-0.4, -0.2) is 37.2 Å². The number of carbonyl (C=O) groups excluding carboxylic acids is 1. The molecule has 0 unspecified atom stereocenters. The molecule has 2 aromatic rings. The van der Waals surface area contributed by atoms with Crippen molar-refractivity contribution in [2.75, 3.05) is 0 Å². The Bertz CT molecular complexity index is 838. The molecule has 0 radical (unpaired) electrons. The normalized spacial score (nSPS) is 17.1. The number of hydrogen-bond acceptors (Lipinski definition) is 5. The average Bonchev–Trinajstić information content (AvgIpc) is 2.88. The molecule has 0 aliphatic carbocycles. The minimum atomic E-state index is -1.08. The monoisotopic (exact) mass is 370 g/mol. The van der Waals surface area contributed by atoms with Crippen molar-refractivity contribution in [2.24, 2.45) is 0 Å². The van der Waals surface area contributed by atoms with Crippen molar-refractivity contribution in [3.05, 3.63) is 70.9 Å². The van der Waals surface area contributed by atoms with Crippen LogP contribution >= 0.6 is 24.0 Å². The second-order valence-electron chi connectivity index (χ2n) is 5.38. The van der Waals surface area contributed by atoms with Crippen molar-refractivity contribution in [3.63, 3.8) is 0 Å². The molecule has 1 aromatic carbocycles. The number of aliphatic carboxylic acids is 1. The summed E-state index contributed by atoms with van der Waals surface area (Å²) in [5, 5.41) is 9.61. The summed E-state index contributed by atoms with van der Waals surface area (Å²) in [6.45, 7) is 0. The van der Waals surface area contributed by atoms with Gasteiger partial charge in [-0.15, -0.1) is 0 Å². The van der Waals surface area contributed by atoms with E-state index >= 15 is 0 Å². The Morgan fingerprint density at radius 2 is 2.04 bits per heavy atom. The van der Waals surface area contributed by atoms with Gasteiger partial charge in [-0.25, -0.2) is 4.79 Å². The second kappa shape index (κ2) is 7.58. The van der Waals surface area contributed by atoms with Crippen molar-refractivity contribution in [1.29, 1.82) is 0 Å². The lowest BCUT2D eigenvalue weighted by Gasteiger charge is -2.23. The maximum atomic E-state index is 12.7. The molecule has 126 valence electrons. The van der Waals surface area contributed by atoms with Gasteiger partial charge in [0, 0.05) is 18.8 Å². The fourth-order valence-electron chi connectivity index (χ4n) is 2.49. The van der Waals surface area contributed by atoms with Crippen LogP contribution in [0.4, 0.5) is 0 Å². The van der Waals surface area contributed by atoms with Crippen molar-refractivity contribution >= 4 is 46.3 Å². The van der Waals surface area contributed by atoms with Crippen LogP contribution < -0.4 is 0 Å². The summed E-state index contributed by atoms with van der Waals surface area (Å²) in [5.74, 6) is -1.47. The number of carboxylic acid groups (broad SMARTS) is 1. The van der Waals surface area contributed by atoms with E-state index in [0.717, 1.165) is 22.9 Å². The highest BCUT2D eigenvalue weighted by Crippen LogP contribution is 2.34. The number of pyridine rings is 1. The molecular weight excluding hydrogens is 356 g/mol.